The number of para-hydroxylation sites is 1. The standard InChI is InChI=1S/C25H43NO2/c1-2-3-4-5-6-7-8-9-10-11-12-13-14-15-16-20-23-28-25(27)26-24-21-18-17-19-22-24/h17-19,21-22H,2-16,20,23H2,1H3,(H,26,27). The fraction of sp³-hybridized carbons (Fsp3) is 0.720. The van der Waals surface area contributed by atoms with Gasteiger partial charge in [-0.2, -0.15) is 0 Å². The van der Waals surface area contributed by atoms with Gasteiger partial charge >= 0.3 is 6.09 Å². The normalized spacial score (nSPS) is 10.8. The quantitative estimate of drug-likeness (QED) is 0.256. The maximum atomic E-state index is 11.6. The minimum Gasteiger partial charge on any atom is -0.449 e. The summed E-state index contributed by atoms with van der Waals surface area (Å²) in [5.74, 6) is 0. The largest absolute Gasteiger partial charge is 0.449 e. The van der Waals surface area contributed by atoms with Gasteiger partial charge in [-0.15, -0.1) is 0 Å². The molecule has 1 rings (SSSR count). The van der Waals surface area contributed by atoms with Crippen molar-refractivity contribution in [1.29, 1.82) is 0 Å². The van der Waals surface area contributed by atoms with Crippen molar-refractivity contribution < 1.29 is 9.53 Å². The van der Waals surface area contributed by atoms with Crippen molar-refractivity contribution in [2.75, 3.05) is 11.9 Å². The molecule has 3 nitrogen and oxygen atoms in total. The lowest BCUT2D eigenvalue weighted by molar-refractivity contribution is 0.159. The van der Waals surface area contributed by atoms with Gasteiger partial charge in [-0.25, -0.2) is 4.79 Å². The summed E-state index contributed by atoms with van der Waals surface area (Å²) >= 11 is 0. The number of anilines is 1. The molecule has 0 radical (unpaired) electrons. The van der Waals surface area contributed by atoms with Crippen LogP contribution < -0.4 is 5.32 Å². The number of ether oxygens (including phenoxy) is 1. The van der Waals surface area contributed by atoms with Gasteiger partial charge in [0, 0.05) is 5.69 Å². The molecule has 0 aliphatic carbocycles. The molecule has 3 heteroatoms. The van der Waals surface area contributed by atoms with E-state index >= 15 is 0 Å². The number of carbonyl (C=O) groups is 1. The summed E-state index contributed by atoms with van der Waals surface area (Å²) in [6.45, 7) is 2.79. The molecule has 0 unspecified atom stereocenters. The number of unbranched alkanes of at least 4 members (excludes halogenated alkanes) is 15. The molecule has 0 aromatic heterocycles. The van der Waals surface area contributed by atoms with Crippen molar-refractivity contribution in [3.8, 4) is 0 Å². The number of hydrogen-bond donors (Lipinski definition) is 1. The molecule has 0 saturated heterocycles. The Morgan fingerprint density at radius 1 is 0.679 bits per heavy atom. The topological polar surface area (TPSA) is 38.3 Å². The van der Waals surface area contributed by atoms with E-state index in [0.29, 0.717) is 6.61 Å². The maximum absolute atomic E-state index is 11.6. The molecule has 0 bridgehead atoms. The number of rotatable bonds is 18. The lowest BCUT2D eigenvalue weighted by Crippen LogP contribution is -2.14. The van der Waals surface area contributed by atoms with Crippen molar-refractivity contribution in [2.45, 2.75) is 110 Å². The molecule has 0 saturated carbocycles. The zero-order chi connectivity index (χ0) is 20.1. The summed E-state index contributed by atoms with van der Waals surface area (Å²) in [6.07, 6.45) is 21.2. The van der Waals surface area contributed by atoms with Gasteiger partial charge in [0.1, 0.15) is 0 Å². The zero-order valence-corrected chi connectivity index (χ0v) is 18.2. The van der Waals surface area contributed by atoms with Gasteiger partial charge < -0.3 is 4.74 Å². The molecule has 1 N–H and O–H groups in total. The molecule has 1 aromatic carbocycles. The van der Waals surface area contributed by atoms with Gasteiger partial charge in [-0.1, -0.05) is 121 Å². The first-order valence-corrected chi connectivity index (χ1v) is 11.8. The van der Waals surface area contributed by atoms with Crippen LogP contribution in [0, 0.1) is 0 Å². The Kier molecular flexibility index (Phi) is 16.5. The van der Waals surface area contributed by atoms with Crippen LogP contribution in [0.25, 0.3) is 0 Å². The molecular formula is C25H43NO2. The van der Waals surface area contributed by atoms with Crippen LogP contribution in [0.15, 0.2) is 30.3 Å². The molecule has 0 heterocycles. The zero-order valence-electron chi connectivity index (χ0n) is 18.2. The Morgan fingerprint density at radius 3 is 1.57 bits per heavy atom. The van der Waals surface area contributed by atoms with E-state index in [1.165, 1.54) is 89.9 Å². The Morgan fingerprint density at radius 2 is 1.11 bits per heavy atom. The molecule has 0 aliphatic heterocycles. The van der Waals surface area contributed by atoms with Crippen LogP contribution in [0.4, 0.5) is 10.5 Å². The summed E-state index contributed by atoms with van der Waals surface area (Å²) in [6, 6.07) is 9.43. The summed E-state index contributed by atoms with van der Waals surface area (Å²) in [5.41, 5.74) is 0.777. The van der Waals surface area contributed by atoms with E-state index in [1.54, 1.807) is 0 Å². The third-order valence-electron chi connectivity index (χ3n) is 5.25. The Bertz CT molecular complexity index is 461. The second-order valence-corrected chi connectivity index (χ2v) is 7.93. The van der Waals surface area contributed by atoms with E-state index in [0.717, 1.165) is 18.5 Å². The Balaban J connectivity index is 1.74. The van der Waals surface area contributed by atoms with Gasteiger partial charge in [0.25, 0.3) is 0 Å². The number of carbonyl (C=O) groups excluding carboxylic acids is 1. The molecule has 0 fully saturated rings. The average Bonchev–Trinajstić information content (AvgIpc) is 2.71. The van der Waals surface area contributed by atoms with E-state index in [4.69, 9.17) is 4.74 Å². The van der Waals surface area contributed by atoms with Crippen molar-refractivity contribution in [2.24, 2.45) is 0 Å². The second-order valence-electron chi connectivity index (χ2n) is 7.93. The molecule has 28 heavy (non-hydrogen) atoms. The van der Waals surface area contributed by atoms with Gasteiger partial charge in [0.2, 0.25) is 0 Å². The fourth-order valence-electron chi connectivity index (χ4n) is 3.49. The van der Waals surface area contributed by atoms with E-state index in [9.17, 15) is 4.79 Å². The molecular weight excluding hydrogens is 346 g/mol. The summed E-state index contributed by atoms with van der Waals surface area (Å²) in [7, 11) is 0. The van der Waals surface area contributed by atoms with E-state index < -0.39 is 0 Å². The third-order valence-corrected chi connectivity index (χ3v) is 5.25. The monoisotopic (exact) mass is 389 g/mol. The predicted molar refractivity (Wildman–Crippen MR) is 121 cm³/mol. The van der Waals surface area contributed by atoms with Crippen LogP contribution in [-0.2, 0) is 4.74 Å². The molecule has 0 aliphatic rings. The smallest absolute Gasteiger partial charge is 0.411 e. The van der Waals surface area contributed by atoms with Crippen molar-refractivity contribution in [3.63, 3.8) is 0 Å². The lowest BCUT2D eigenvalue weighted by Gasteiger charge is -2.07. The van der Waals surface area contributed by atoms with Crippen LogP contribution in [0.1, 0.15) is 110 Å². The van der Waals surface area contributed by atoms with Crippen molar-refractivity contribution in [1.82, 2.24) is 0 Å². The van der Waals surface area contributed by atoms with Crippen LogP contribution in [0.2, 0.25) is 0 Å². The number of hydrogen-bond acceptors (Lipinski definition) is 2. The number of amides is 1. The van der Waals surface area contributed by atoms with Gasteiger partial charge in [-0.3, -0.25) is 5.32 Å². The Hall–Kier alpha value is -1.51. The first-order valence-electron chi connectivity index (χ1n) is 11.8. The van der Waals surface area contributed by atoms with Crippen molar-refractivity contribution in [3.05, 3.63) is 30.3 Å². The minimum atomic E-state index is -0.354. The summed E-state index contributed by atoms with van der Waals surface area (Å²) in [4.78, 5) is 11.6. The van der Waals surface area contributed by atoms with Crippen molar-refractivity contribution >= 4 is 11.8 Å². The number of benzene rings is 1. The average molecular weight is 390 g/mol. The number of nitrogens with one attached hydrogen (secondary N) is 1. The third kappa shape index (κ3) is 15.5. The van der Waals surface area contributed by atoms with Crippen LogP contribution in [-0.4, -0.2) is 12.7 Å². The predicted octanol–water partition coefficient (Wildman–Crippen LogP) is 8.50. The van der Waals surface area contributed by atoms with Crippen LogP contribution >= 0.6 is 0 Å². The fourth-order valence-corrected chi connectivity index (χ4v) is 3.49. The van der Waals surface area contributed by atoms with Crippen LogP contribution in [0.5, 0.6) is 0 Å². The summed E-state index contributed by atoms with van der Waals surface area (Å²) < 4.78 is 5.22. The van der Waals surface area contributed by atoms with Gasteiger partial charge in [0.15, 0.2) is 0 Å². The Labute approximate surface area is 173 Å². The summed E-state index contributed by atoms with van der Waals surface area (Å²) in [5, 5.41) is 2.74. The molecule has 0 spiro atoms. The first-order chi connectivity index (χ1) is 13.8. The SMILES string of the molecule is CCCCCCCCCCCCCCCCCCOC(=O)Nc1ccccc1. The van der Waals surface area contributed by atoms with E-state index in [-0.39, 0.29) is 6.09 Å². The maximum Gasteiger partial charge on any atom is 0.411 e. The molecule has 160 valence electrons. The second kappa shape index (κ2) is 18.8. The highest BCUT2D eigenvalue weighted by atomic mass is 16.5. The van der Waals surface area contributed by atoms with Gasteiger partial charge in [-0.05, 0) is 18.6 Å². The highest BCUT2D eigenvalue weighted by molar-refractivity contribution is 5.84. The van der Waals surface area contributed by atoms with E-state index in [2.05, 4.69) is 12.2 Å². The molecule has 0 atom stereocenters. The molecule has 1 amide bonds. The van der Waals surface area contributed by atoms with Crippen LogP contribution in [0.3, 0.4) is 0 Å². The highest BCUT2D eigenvalue weighted by Gasteiger charge is 2.02. The highest BCUT2D eigenvalue weighted by Crippen LogP contribution is 2.13. The lowest BCUT2D eigenvalue weighted by atomic mass is 10.0. The molecule has 1 aromatic rings. The minimum absolute atomic E-state index is 0.354. The van der Waals surface area contributed by atoms with E-state index in [1.807, 2.05) is 30.3 Å². The first kappa shape index (κ1) is 24.5. The van der Waals surface area contributed by atoms with Gasteiger partial charge in [0.05, 0.1) is 6.61 Å².